The van der Waals surface area contributed by atoms with Gasteiger partial charge in [-0.1, -0.05) is 29.8 Å². The summed E-state index contributed by atoms with van der Waals surface area (Å²) in [4.78, 5) is 4.18. The molecule has 21 heavy (non-hydrogen) atoms. The molecule has 1 aromatic carbocycles. The molecule has 3 rings (SSSR count). The molecular weight excluding hydrogens is 277 g/mol. The quantitative estimate of drug-likeness (QED) is 0.638. The maximum atomic E-state index is 13.4. The molecule has 0 saturated carbocycles. The van der Waals surface area contributed by atoms with Crippen molar-refractivity contribution in [2.24, 2.45) is 0 Å². The lowest BCUT2D eigenvalue weighted by atomic mass is 10.1. The standard InChI is InChI=1S/C16H13F3N2/c1-10-3-5-12(6-4-10)14-15(16(17,18)19)21-8-7-11(2)9-13(21)20-14/h3-9H,1-2H3. The molecular formula is C16H13F3N2. The minimum Gasteiger partial charge on any atom is -0.295 e. The Labute approximate surface area is 119 Å². The second-order valence-electron chi connectivity index (χ2n) is 5.11. The number of pyridine rings is 1. The van der Waals surface area contributed by atoms with Crippen molar-refractivity contribution in [1.82, 2.24) is 9.38 Å². The number of fused-ring (bicyclic) bond motifs is 1. The minimum atomic E-state index is -4.46. The third-order valence-corrected chi connectivity index (χ3v) is 3.38. The Morgan fingerprint density at radius 3 is 2.24 bits per heavy atom. The van der Waals surface area contributed by atoms with E-state index in [1.807, 2.05) is 13.8 Å². The molecule has 5 heteroatoms. The summed E-state index contributed by atoms with van der Waals surface area (Å²) in [6.45, 7) is 3.72. The van der Waals surface area contributed by atoms with Crippen LogP contribution in [0.25, 0.3) is 16.9 Å². The van der Waals surface area contributed by atoms with Gasteiger partial charge in [0.25, 0.3) is 0 Å². The number of benzene rings is 1. The third kappa shape index (κ3) is 2.39. The highest BCUT2D eigenvalue weighted by Crippen LogP contribution is 2.37. The van der Waals surface area contributed by atoms with Crippen LogP contribution in [0.5, 0.6) is 0 Å². The molecule has 0 amide bonds. The predicted molar refractivity (Wildman–Crippen MR) is 75.1 cm³/mol. The van der Waals surface area contributed by atoms with Crippen LogP contribution in [0.4, 0.5) is 13.2 Å². The minimum absolute atomic E-state index is 0.0342. The first-order chi connectivity index (χ1) is 9.86. The van der Waals surface area contributed by atoms with Gasteiger partial charge in [-0.05, 0) is 31.5 Å². The Hall–Kier alpha value is -2.30. The van der Waals surface area contributed by atoms with E-state index in [1.54, 1.807) is 36.4 Å². The zero-order valence-electron chi connectivity index (χ0n) is 11.6. The first-order valence-corrected chi connectivity index (χ1v) is 6.49. The van der Waals surface area contributed by atoms with E-state index in [2.05, 4.69) is 4.98 Å². The predicted octanol–water partition coefficient (Wildman–Crippen LogP) is 4.64. The lowest BCUT2D eigenvalue weighted by Crippen LogP contribution is -2.10. The van der Waals surface area contributed by atoms with E-state index in [4.69, 9.17) is 0 Å². The molecule has 0 saturated heterocycles. The van der Waals surface area contributed by atoms with Gasteiger partial charge in [0.1, 0.15) is 11.3 Å². The highest BCUT2D eigenvalue weighted by Gasteiger charge is 2.38. The van der Waals surface area contributed by atoms with Crippen molar-refractivity contribution in [3.8, 4) is 11.3 Å². The highest BCUT2D eigenvalue weighted by molar-refractivity contribution is 5.67. The van der Waals surface area contributed by atoms with Crippen molar-refractivity contribution in [1.29, 1.82) is 0 Å². The number of nitrogens with zero attached hydrogens (tertiary/aromatic N) is 2. The fraction of sp³-hybridized carbons (Fsp3) is 0.188. The molecule has 0 aliphatic heterocycles. The zero-order chi connectivity index (χ0) is 15.2. The molecule has 0 aliphatic rings. The normalized spacial score (nSPS) is 12.0. The van der Waals surface area contributed by atoms with E-state index in [0.717, 1.165) is 15.5 Å². The summed E-state index contributed by atoms with van der Waals surface area (Å²) < 4.78 is 41.3. The van der Waals surface area contributed by atoms with Gasteiger partial charge in [-0.15, -0.1) is 0 Å². The molecule has 0 fully saturated rings. The molecule has 0 bridgehead atoms. The summed E-state index contributed by atoms with van der Waals surface area (Å²) in [6.07, 6.45) is -3.05. The molecule has 2 heterocycles. The van der Waals surface area contributed by atoms with E-state index < -0.39 is 11.9 Å². The average Bonchev–Trinajstić information content (AvgIpc) is 2.77. The maximum absolute atomic E-state index is 13.4. The van der Waals surface area contributed by atoms with Crippen LogP contribution in [0, 0.1) is 13.8 Å². The largest absolute Gasteiger partial charge is 0.433 e. The van der Waals surface area contributed by atoms with Gasteiger partial charge in [-0.3, -0.25) is 4.40 Å². The van der Waals surface area contributed by atoms with Crippen LogP contribution < -0.4 is 0 Å². The smallest absolute Gasteiger partial charge is 0.295 e. The fourth-order valence-electron chi connectivity index (χ4n) is 2.33. The van der Waals surface area contributed by atoms with E-state index in [9.17, 15) is 13.2 Å². The molecule has 0 atom stereocenters. The van der Waals surface area contributed by atoms with Gasteiger partial charge >= 0.3 is 6.18 Å². The molecule has 2 nitrogen and oxygen atoms in total. The van der Waals surface area contributed by atoms with Crippen LogP contribution in [0.15, 0.2) is 42.6 Å². The lowest BCUT2D eigenvalue weighted by Gasteiger charge is -2.09. The zero-order valence-corrected chi connectivity index (χ0v) is 11.6. The Balaban J connectivity index is 2.33. The average molecular weight is 290 g/mol. The molecule has 108 valence electrons. The number of imidazole rings is 1. The topological polar surface area (TPSA) is 17.3 Å². The number of rotatable bonds is 1. The van der Waals surface area contributed by atoms with Gasteiger partial charge in [0.15, 0.2) is 5.69 Å². The van der Waals surface area contributed by atoms with E-state index >= 15 is 0 Å². The summed E-state index contributed by atoms with van der Waals surface area (Å²) in [5, 5.41) is 0. The van der Waals surface area contributed by atoms with Crippen molar-refractivity contribution in [3.05, 3.63) is 59.4 Å². The van der Waals surface area contributed by atoms with Crippen LogP contribution in [0.1, 0.15) is 16.8 Å². The molecule has 0 unspecified atom stereocenters. The number of halogens is 3. The lowest BCUT2D eigenvalue weighted by molar-refractivity contribution is -0.141. The SMILES string of the molecule is Cc1ccc(-c2nc3cc(C)ccn3c2C(F)(F)F)cc1. The van der Waals surface area contributed by atoms with Gasteiger partial charge < -0.3 is 0 Å². The van der Waals surface area contributed by atoms with Gasteiger partial charge in [0.2, 0.25) is 0 Å². The Morgan fingerprint density at radius 1 is 0.952 bits per heavy atom. The molecule has 0 spiro atoms. The maximum Gasteiger partial charge on any atom is 0.433 e. The first kappa shape index (κ1) is 13.7. The second kappa shape index (κ2) is 4.62. The van der Waals surface area contributed by atoms with Crippen molar-refractivity contribution >= 4 is 5.65 Å². The van der Waals surface area contributed by atoms with Gasteiger partial charge in [0.05, 0.1) is 0 Å². The molecule has 0 aliphatic carbocycles. The van der Waals surface area contributed by atoms with Crippen molar-refractivity contribution < 1.29 is 13.2 Å². The van der Waals surface area contributed by atoms with Gasteiger partial charge in [-0.25, -0.2) is 4.98 Å². The second-order valence-corrected chi connectivity index (χ2v) is 5.11. The van der Waals surface area contributed by atoms with Gasteiger partial charge in [-0.2, -0.15) is 13.2 Å². The molecule has 0 radical (unpaired) electrons. The van der Waals surface area contributed by atoms with Crippen LogP contribution in [-0.2, 0) is 6.18 Å². The molecule has 2 aromatic heterocycles. The molecule has 0 N–H and O–H groups in total. The number of aromatic nitrogens is 2. The highest BCUT2D eigenvalue weighted by atomic mass is 19.4. The number of alkyl halides is 3. The van der Waals surface area contributed by atoms with Crippen LogP contribution in [0.3, 0.4) is 0 Å². The summed E-state index contributed by atoms with van der Waals surface area (Å²) in [5.74, 6) is 0. The Kier molecular flexibility index (Phi) is 3.01. The van der Waals surface area contributed by atoms with Crippen molar-refractivity contribution in [2.45, 2.75) is 20.0 Å². The summed E-state index contributed by atoms with van der Waals surface area (Å²) >= 11 is 0. The van der Waals surface area contributed by atoms with Gasteiger partial charge in [0, 0.05) is 11.8 Å². The van der Waals surface area contributed by atoms with E-state index in [-0.39, 0.29) is 5.69 Å². The van der Waals surface area contributed by atoms with Crippen LogP contribution >= 0.6 is 0 Å². The number of hydrogen-bond acceptors (Lipinski definition) is 1. The Bertz CT molecular complexity index is 799. The number of hydrogen-bond donors (Lipinski definition) is 0. The van der Waals surface area contributed by atoms with E-state index in [1.165, 1.54) is 6.20 Å². The van der Waals surface area contributed by atoms with Crippen molar-refractivity contribution in [2.75, 3.05) is 0 Å². The monoisotopic (exact) mass is 290 g/mol. The molecule has 3 aromatic rings. The summed E-state index contributed by atoms with van der Waals surface area (Å²) in [5.41, 5.74) is 1.87. The van der Waals surface area contributed by atoms with Crippen LogP contribution in [0.2, 0.25) is 0 Å². The fourth-order valence-corrected chi connectivity index (χ4v) is 2.33. The number of aryl methyl sites for hydroxylation is 2. The Morgan fingerprint density at radius 2 is 1.62 bits per heavy atom. The summed E-state index contributed by atoms with van der Waals surface area (Å²) in [7, 11) is 0. The van der Waals surface area contributed by atoms with Crippen molar-refractivity contribution in [3.63, 3.8) is 0 Å². The third-order valence-electron chi connectivity index (χ3n) is 3.38. The summed E-state index contributed by atoms with van der Waals surface area (Å²) in [6, 6.07) is 10.2. The van der Waals surface area contributed by atoms with E-state index in [0.29, 0.717) is 11.2 Å². The van der Waals surface area contributed by atoms with Crippen LogP contribution in [-0.4, -0.2) is 9.38 Å². The first-order valence-electron chi connectivity index (χ1n) is 6.49.